The highest BCUT2D eigenvalue weighted by atomic mass is 79.9. The lowest BCUT2D eigenvalue weighted by Crippen LogP contribution is -2.24. The van der Waals surface area contributed by atoms with Crippen LogP contribution < -0.4 is 10.2 Å². The molecule has 2 aromatic carbocycles. The Labute approximate surface area is 152 Å². The maximum atomic E-state index is 11.7. The zero-order valence-corrected chi connectivity index (χ0v) is 15.4. The van der Waals surface area contributed by atoms with Gasteiger partial charge in [-0.25, -0.2) is 5.43 Å². The van der Waals surface area contributed by atoms with Gasteiger partial charge in [-0.15, -0.1) is 11.8 Å². The number of amides is 1. The zero-order valence-electron chi connectivity index (χ0n) is 12.3. The summed E-state index contributed by atoms with van der Waals surface area (Å²) < 4.78 is 6.19. The number of thioether (sulfide) groups is 1. The molecule has 0 bridgehead atoms. The molecule has 2 rings (SSSR count). The van der Waals surface area contributed by atoms with E-state index in [1.165, 1.54) is 4.90 Å². The van der Waals surface area contributed by atoms with Gasteiger partial charge < -0.3 is 4.74 Å². The van der Waals surface area contributed by atoms with Crippen LogP contribution in [0.1, 0.15) is 5.56 Å². The lowest BCUT2D eigenvalue weighted by Gasteiger charge is -2.07. The average Bonchev–Trinajstić information content (AvgIpc) is 2.54. The quantitative estimate of drug-likeness (QED) is 0.435. The predicted molar refractivity (Wildman–Crippen MR) is 98.6 cm³/mol. The molecule has 0 aromatic heterocycles. The Morgan fingerprint density at radius 1 is 1.35 bits per heavy atom. The molecule has 0 radical (unpaired) electrons. The monoisotopic (exact) mass is 412 g/mol. The van der Waals surface area contributed by atoms with Crippen molar-refractivity contribution in [2.24, 2.45) is 5.10 Å². The topological polar surface area (TPSA) is 50.7 Å². The molecule has 0 fully saturated rings. The number of benzene rings is 2. The number of halogens is 2. The zero-order chi connectivity index (χ0) is 16.7. The van der Waals surface area contributed by atoms with Crippen LogP contribution in [0, 0.1) is 0 Å². The van der Waals surface area contributed by atoms with Crippen molar-refractivity contribution in [1.29, 1.82) is 0 Å². The smallest absolute Gasteiger partial charge is 0.277 e. The standard InChI is InChI=1S/C16H14BrClN2O2S/c1-23-13-5-2-11(3-6-13)9-19-20-16(21)10-22-15-7-4-12(17)8-14(15)18/h2-9H,10H2,1H3,(H,20,21)/b19-9-. The Morgan fingerprint density at radius 2 is 2.09 bits per heavy atom. The van der Waals surface area contributed by atoms with Gasteiger partial charge in [0.2, 0.25) is 0 Å². The molecule has 0 atom stereocenters. The summed E-state index contributed by atoms with van der Waals surface area (Å²) in [5.41, 5.74) is 3.31. The number of hydrogen-bond acceptors (Lipinski definition) is 4. The van der Waals surface area contributed by atoms with Gasteiger partial charge in [-0.1, -0.05) is 39.7 Å². The molecule has 0 aliphatic heterocycles. The summed E-state index contributed by atoms with van der Waals surface area (Å²) in [6.07, 6.45) is 3.59. The van der Waals surface area contributed by atoms with Crippen LogP contribution in [0.5, 0.6) is 5.75 Å². The van der Waals surface area contributed by atoms with Crippen LogP contribution in [0.4, 0.5) is 0 Å². The number of nitrogens with one attached hydrogen (secondary N) is 1. The van der Waals surface area contributed by atoms with Gasteiger partial charge in [0.05, 0.1) is 11.2 Å². The van der Waals surface area contributed by atoms with Crippen molar-refractivity contribution in [2.75, 3.05) is 12.9 Å². The summed E-state index contributed by atoms with van der Waals surface area (Å²) in [5.74, 6) is 0.0858. The molecular weight excluding hydrogens is 400 g/mol. The summed E-state index contributed by atoms with van der Waals surface area (Å²) in [5, 5.41) is 4.33. The first-order valence-electron chi connectivity index (χ1n) is 6.62. The number of hydrogen-bond donors (Lipinski definition) is 1. The van der Waals surface area contributed by atoms with E-state index in [1.54, 1.807) is 36.2 Å². The number of hydrazone groups is 1. The van der Waals surface area contributed by atoms with Crippen molar-refractivity contribution in [1.82, 2.24) is 5.43 Å². The molecule has 120 valence electrons. The van der Waals surface area contributed by atoms with Crippen molar-refractivity contribution in [2.45, 2.75) is 4.90 Å². The Balaban J connectivity index is 1.81. The molecule has 1 N–H and O–H groups in total. The van der Waals surface area contributed by atoms with E-state index in [9.17, 15) is 4.79 Å². The summed E-state index contributed by atoms with van der Waals surface area (Å²) in [6.45, 7) is -0.163. The molecule has 0 heterocycles. The van der Waals surface area contributed by atoms with Crippen LogP contribution in [-0.2, 0) is 4.79 Å². The number of ether oxygens (including phenoxy) is 1. The van der Waals surface area contributed by atoms with Gasteiger partial charge in [0, 0.05) is 9.37 Å². The van der Waals surface area contributed by atoms with E-state index in [0.29, 0.717) is 10.8 Å². The lowest BCUT2D eigenvalue weighted by molar-refractivity contribution is -0.123. The van der Waals surface area contributed by atoms with Gasteiger partial charge in [0.25, 0.3) is 5.91 Å². The summed E-state index contributed by atoms with van der Waals surface area (Å²) in [7, 11) is 0. The Morgan fingerprint density at radius 3 is 2.74 bits per heavy atom. The van der Waals surface area contributed by atoms with Gasteiger partial charge in [-0.3, -0.25) is 4.79 Å². The molecule has 7 heteroatoms. The van der Waals surface area contributed by atoms with E-state index in [4.69, 9.17) is 16.3 Å². The molecule has 0 aliphatic rings. The van der Waals surface area contributed by atoms with Crippen molar-refractivity contribution in [3.05, 3.63) is 57.5 Å². The number of carbonyl (C=O) groups is 1. The van der Waals surface area contributed by atoms with Gasteiger partial charge in [-0.05, 0) is 42.2 Å². The predicted octanol–water partition coefficient (Wildman–Crippen LogP) is 4.35. The Kier molecular flexibility index (Phi) is 6.95. The third-order valence-electron chi connectivity index (χ3n) is 2.77. The van der Waals surface area contributed by atoms with Crippen LogP contribution in [0.25, 0.3) is 0 Å². The molecular formula is C16H14BrClN2O2S. The first-order chi connectivity index (χ1) is 11.1. The molecule has 1 amide bonds. The van der Waals surface area contributed by atoms with Crippen LogP contribution in [0.3, 0.4) is 0 Å². The third-order valence-corrected chi connectivity index (χ3v) is 4.30. The second-order valence-corrected chi connectivity index (χ2v) is 6.63. The van der Waals surface area contributed by atoms with E-state index in [2.05, 4.69) is 26.5 Å². The number of carbonyl (C=O) groups excluding carboxylic acids is 1. The van der Waals surface area contributed by atoms with Crippen LogP contribution >= 0.6 is 39.3 Å². The molecule has 2 aromatic rings. The SMILES string of the molecule is CSc1ccc(/C=N\NC(=O)COc2ccc(Br)cc2Cl)cc1. The molecule has 0 unspecified atom stereocenters. The van der Waals surface area contributed by atoms with Gasteiger partial charge >= 0.3 is 0 Å². The van der Waals surface area contributed by atoms with Gasteiger partial charge in [-0.2, -0.15) is 5.10 Å². The third kappa shape index (κ3) is 5.89. The van der Waals surface area contributed by atoms with Crippen molar-refractivity contribution in [3.63, 3.8) is 0 Å². The van der Waals surface area contributed by atoms with E-state index in [0.717, 1.165) is 10.0 Å². The van der Waals surface area contributed by atoms with Crippen molar-refractivity contribution in [3.8, 4) is 5.75 Å². The Hall–Kier alpha value is -1.50. The van der Waals surface area contributed by atoms with Gasteiger partial charge in [0.15, 0.2) is 6.61 Å². The normalized spacial score (nSPS) is 10.7. The molecule has 0 saturated carbocycles. The minimum absolute atomic E-state index is 0.163. The summed E-state index contributed by atoms with van der Waals surface area (Å²) >= 11 is 11.0. The van der Waals surface area contributed by atoms with E-state index < -0.39 is 0 Å². The second-order valence-electron chi connectivity index (χ2n) is 4.43. The highest BCUT2D eigenvalue weighted by molar-refractivity contribution is 9.10. The minimum atomic E-state index is -0.360. The molecule has 4 nitrogen and oxygen atoms in total. The number of nitrogens with zero attached hydrogens (tertiary/aromatic N) is 1. The average molecular weight is 414 g/mol. The maximum Gasteiger partial charge on any atom is 0.277 e. The fourth-order valence-corrected chi connectivity index (χ4v) is 2.77. The maximum absolute atomic E-state index is 11.7. The van der Waals surface area contributed by atoms with Crippen molar-refractivity contribution >= 4 is 51.4 Å². The molecule has 0 spiro atoms. The highest BCUT2D eigenvalue weighted by Gasteiger charge is 2.05. The molecule has 23 heavy (non-hydrogen) atoms. The fraction of sp³-hybridized carbons (Fsp3) is 0.125. The largest absolute Gasteiger partial charge is 0.482 e. The van der Waals surface area contributed by atoms with E-state index in [1.807, 2.05) is 30.5 Å². The minimum Gasteiger partial charge on any atom is -0.482 e. The molecule has 0 saturated heterocycles. The van der Waals surface area contributed by atoms with Gasteiger partial charge in [0.1, 0.15) is 5.75 Å². The van der Waals surface area contributed by atoms with Crippen LogP contribution in [0.15, 0.2) is 56.9 Å². The second kappa shape index (κ2) is 8.96. The fourth-order valence-electron chi connectivity index (χ4n) is 1.64. The lowest BCUT2D eigenvalue weighted by atomic mass is 10.2. The number of rotatable bonds is 6. The highest BCUT2D eigenvalue weighted by Crippen LogP contribution is 2.27. The van der Waals surface area contributed by atoms with Crippen LogP contribution in [-0.4, -0.2) is 25.0 Å². The summed E-state index contributed by atoms with van der Waals surface area (Å²) in [4.78, 5) is 12.9. The van der Waals surface area contributed by atoms with Crippen LogP contribution in [0.2, 0.25) is 5.02 Å². The Bertz CT molecular complexity index is 708. The summed E-state index contributed by atoms with van der Waals surface area (Å²) in [6, 6.07) is 13.0. The van der Waals surface area contributed by atoms with E-state index in [-0.39, 0.29) is 12.5 Å². The van der Waals surface area contributed by atoms with E-state index >= 15 is 0 Å². The first kappa shape index (κ1) is 17.8. The first-order valence-corrected chi connectivity index (χ1v) is 9.02. The van der Waals surface area contributed by atoms with Crippen molar-refractivity contribution < 1.29 is 9.53 Å². The molecule has 0 aliphatic carbocycles.